The number of aliphatic hydroxyl groups excluding tert-OH is 1. The van der Waals surface area contributed by atoms with Crippen molar-refractivity contribution >= 4 is 32.5 Å². The fraction of sp³-hybridized carbons (Fsp3) is 0.400. The molecule has 1 aliphatic rings. The van der Waals surface area contributed by atoms with Gasteiger partial charge >= 0.3 is 0 Å². The molecular weight excluding hydrogens is 514 g/mol. The molecule has 1 aliphatic heterocycles. The van der Waals surface area contributed by atoms with Crippen LogP contribution in [0, 0.1) is 0 Å². The van der Waals surface area contributed by atoms with Crippen LogP contribution in [0.3, 0.4) is 0 Å². The minimum atomic E-state index is -3.46. The lowest BCUT2D eigenvalue weighted by Crippen LogP contribution is -2.26. The van der Waals surface area contributed by atoms with Gasteiger partial charge in [0.25, 0.3) is 0 Å². The molecule has 0 radical (unpaired) electrons. The topological polar surface area (TPSA) is 146 Å². The van der Waals surface area contributed by atoms with Crippen molar-refractivity contribution in [2.24, 2.45) is 9.98 Å². The summed E-state index contributed by atoms with van der Waals surface area (Å²) >= 11 is 6.10. The molecule has 0 amide bonds. The lowest BCUT2D eigenvalue weighted by molar-refractivity contribution is 0.355. The van der Waals surface area contributed by atoms with Gasteiger partial charge in [-0.1, -0.05) is 74.3 Å². The van der Waals surface area contributed by atoms with Crippen LogP contribution in [0.2, 0.25) is 0 Å². The van der Waals surface area contributed by atoms with E-state index >= 15 is 0 Å². The molecule has 3 N–H and O–H groups in total. The highest BCUT2D eigenvalue weighted by atomic mass is 35.5. The molecule has 4 rings (SSSR count). The van der Waals surface area contributed by atoms with Crippen LogP contribution < -0.4 is 4.72 Å². The van der Waals surface area contributed by atoms with Gasteiger partial charge in [0.1, 0.15) is 10.9 Å². The Morgan fingerprint density at radius 1 is 1.03 bits per heavy atom. The summed E-state index contributed by atoms with van der Waals surface area (Å²) in [4.78, 5) is 9.28. The Morgan fingerprint density at radius 3 is 2.32 bits per heavy atom. The van der Waals surface area contributed by atoms with E-state index in [1.807, 2.05) is 30.3 Å². The van der Waals surface area contributed by atoms with Crippen LogP contribution in [0.25, 0.3) is 0 Å². The number of aliphatic hydroxyl groups is 1. The van der Waals surface area contributed by atoms with E-state index < -0.39 is 15.7 Å². The maximum atomic E-state index is 12.0. The molecule has 198 valence electrons. The summed E-state index contributed by atoms with van der Waals surface area (Å²) in [5, 5.41) is 23.1. The molecule has 0 bridgehead atoms. The van der Waals surface area contributed by atoms with Crippen molar-refractivity contribution < 1.29 is 13.5 Å². The van der Waals surface area contributed by atoms with E-state index in [-0.39, 0.29) is 16.7 Å². The van der Waals surface area contributed by atoms with E-state index in [1.165, 1.54) is 5.56 Å². The Labute approximate surface area is 222 Å². The molecule has 2 aromatic carbocycles. The van der Waals surface area contributed by atoms with Crippen molar-refractivity contribution in [2.75, 3.05) is 13.2 Å². The van der Waals surface area contributed by atoms with Gasteiger partial charge in [0.05, 0.1) is 11.5 Å². The first-order valence-electron chi connectivity index (χ1n) is 12.1. The molecule has 0 spiro atoms. The first-order chi connectivity index (χ1) is 17.8. The molecule has 10 nitrogen and oxygen atoms in total. The van der Waals surface area contributed by atoms with Gasteiger partial charge in [-0.3, -0.25) is 4.99 Å². The number of aromatic amines is 1. The number of tetrazole rings is 1. The molecule has 1 unspecified atom stereocenters. The predicted molar refractivity (Wildman–Crippen MR) is 144 cm³/mol. The van der Waals surface area contributed by atoms with E-state index in [4.69, 9.17) is 11.6 Å². The van der Waals surface area contributed by atoms with Crippen molar-refractivity contribution in [1.29, 1.82) is 0 Å². The number of halogens is 1. The molecule has 3 aromatic rings. The number of nitrogens with zero attached hydrogens (tertiary/aromatic N) is 5. The second kappa shape index (κ2) is 13.5. The average Bonchev–Trinajstić information content (AvgIpc) is 3.51. The molecule has 2 heterocycles. The molecule has 12 heteroatoms. The number of unbranched alkanes of at least 4 members (excludes halogenated alkanes) is 1. The number of hydrogen-bond donors (Lipinski definition) is 3. The van der Waals surface area contributed by atoms with Crippen molar-refractivity contribution in [3.63, 3.8) is 0 Å². The van der Waals surface area contributed by atoms with Crippen LogP contribution in [0.5, 0.6) is 0 Å². The normalized spacial score (nSPS) is 17.1. The number of nitrogens with one attached hydrogen (secondary N) is 2. The summed E-state index contributed by atoms with van der Waals surface area (Å²) in [6, 6.07) is 16.8. The zero-order chi connectivity index (χ0) is 26.7. The van der Waals surface area contributed by atoms with Crippen LogP contribution in [-0.2, 0) is 22.9 Å². The number of benzene rings is 2. The molecule has 1 aromatic heterocycles. The summed E-state index contributed by atoms with van der Waals surface area (Å²) in [7, 11) is -3.46. The lowest BCUT2D eigenvalue weighted by atomic mass is 9.95. The Hall–Kier alpha value is -2.99. The number of sulfonamides is 1. The van der Waals surface area contributed by atoms with Crippen LogP contribution in [0.4, 0.5) is 0 Å². The van der Waals surface area contributed by atoms with E-state index in [0.717, 1.165) is 37.1 Å². The molecule has 0 saturated carbocycles. The van der Waals surface area contributed by atoms with E-state index in [1.54, 1.807) is 31.2 Å². The van der Waals surface area contributed by atoms with Gasteiger partial charge in [-0.15, -0.1) is 5.10 Å². The van der Waals surface area contributed by atoms with E-state index in [9.17, 15) is 13.5 Å². The van der Waals surface area contributed by atoms with E-state index in [2.05, 4.69) is 42.3 Å². The smallest absolute Gasteiger partial charge is 0.240 e. The highest BCUT2D eigenvalue weighted by Crippen LogP contribution is 2.31. The average molecular weight is 546 g/mol. The minimum Gasteiger partial charge on any atom is -0.390 e. The maximum absolute atomic E-state index is 12.0. The van der Waals surface area contributed by atoms with Gasteiger partial charge in [-0.25, -0.2) is 23.2 Å². The number of hydrogen-bond acceptors (Lipinski definition) is 8. The van der Waals surface area contributed by atoms with Gasteiger partial charge in [-0.05, 0) is 46.5 Å². The number of H-pyrrole nitrogens is 1. The quantitative estimate of drug-likeness (QED) is 0.337. The number of rotatable bonds is 11. The van der Waals surface area contributed by atoms with Crippen molar-refractivity contribution in [2.45, 2.75) is 56.5 Å². The Balaban J connectivity index is 0.000000262. The van der Waals surface area contributed by atoms with Crippen molar-refractivity contribution in [3.05, 3.63) is 71.5 Å². The summed E-state index contributed by atoms with van der Waals surface area (Å²) in [5.74, 6) is 0.793. The first-order valence-corrected chi connectivity index (χ1v) is 14.0. The van der Waals surface area contributed by atoms with Crippen LogP contribution in [0.1, 0.15) is 50.1 Å². The number of aromatic nitrogens is 4. The minimum absolute atomic E-state index is 0.230. The third-order valence-corrected chi connectivity index (χ3v) is 7.49. The van der Waals surface area contributed by atoms with Gasteiger partial charge in [-0.2, -0.15) is 0 Å². The highest BCUT2D eigenvalue weighted by Gasteiger charge is 2.35. The zero-order valence-corrected chi connectivity index (χ0v) is 22.5. The fourth-order valence-corrected chi connectivity index (χ4v) is 5.14. The largest absolute Gasteiger partial charge is 0.390 e. The summed E-state index contributed by atoms with van der Waals surface area (Å²) in [6.07, 6.45) is 3.92. The first kappa shape index (κ1) is 28.6. The predicted octanol–water partition coefficient (Wildman–Crippen LogP) is 3.29. The summed E-state index contributed by atoms with van der Waals surface area (Å²) in [5.41, 5.74) is 1.82. The lowest BCUT2D eigenvalue weighted by Gasteiger charge is -2.23. The fourth-order valence-electron chi connectivity index (χ4n) is 3.84. The molecule has 37 heavy (non-hydrogen) atoms. The third-order valence-electron chi connectivity index (χ3n) is 5.63. The molecule has 0 fully saturated rings. The molecule has 0 saturated heterocycles. The Morgan fingerprint density at radius 2 is 1.76 bits per heavy atom. The van der Waals surface area contributed by atoms with Crippen LogP contribution in [-0.4, -0.2) is 63.8 Å². The van der Waals surface area contributed by atoms with Gasteiger partial charge in [0.15, 0.2) is 11.5 Å². The zero-order valence-electron chi connectivity index (χ0n) is 20.9. The molecule has 0 aliphatic carbocycles. The maximum Gasteiger partial charge on any atom is 0.240 e. The highest BCUT2D eigenvalue weighted by molar-refractivity contribution is 7.89. The second-order valence-corrected chi connectivity index (χ2v) is 10.7. The SMILES string of the molecule is CCCCC1(Cc2ccc(S(=O)(=O)NCC)cc2)N=C(Cl)C(CO)=N1.c1ccc(Cc2nnn[nH]2)cc1. The molecular formula is C25H32ClN7O3S. The summed E-state index contributed by atoms with van der Waals surface area (Å²) in [6.45, 7) is 3.93. The van der Waals surface area contributed by atoms with Crippen LogP contribution >= 0.6 is 11.6 Å². The Kier molecular flexibility index (Phi) is 10.4. The van der Waals surface area contributed by atoms with Gasteiger partial charge < -0.3 is 5.11 Å². The van der Waals surface area contributed by atoms with E-state index in [0.29, 0.717) is 18.7 Å². The summed E-state index contributed by atoms with van der Waals surface area (Å²) < 4.78 is 26.5. The molecule has 1 atom stereocenters. The van der Waals surface area contributed by atoms with Crippen LogP contribution in [0.15, 0.2) is 69.5 Å². The van der Waals surface area contributed by atoms with Crippen molar-refractivity contribution in [1.82, 2.24) is 25.3 Å². The van der Waals surface area contributed by atoms with Gasteiger partial charge in [0, 0.05) is 19.4 Å². The number of aliphatic imine (C=N–C) groups is 2. The van der Waals surface area contributed by atoms with Gasteiger partial charge in [0.2, 0.25) is 10.0 Å². The standard InChI is InChI=1S/C17H24ClN3O3S.C8H8N4/c1-3-5-10-17(20-15(12-22)16(18)21-17)11-13-6-8-14(9-7-13)25(23,24)19-4-2;1-2-4-7(5-3-1)6-8-9-11-12-10-8/h6-9,19,22H,3-5,10-12H2,1-2H3;1-5H,6H2,(H,9,10,11,12). The monoisotopic (exact) mass is 545 g/mol. The second-order valence-electron chi connectivity index (χ2n) is 8.54. The van der Waals surface area contributed by atoms with Crippen molar-refractivity contribution in [3.8, 4) is 0 Å². The Bertz CT molecular complexity index is 1280. The third kappa shape index (κ3) is 8.26.